The van der Waals surface area contributed by atoms with E-state index in [9.17, 15) is 9.59 Å². The molecule has 0 aliphatic heterocycles. The van der Waals surface area contributed by atoms with E-state index in [0.717, 1.165) is 12.8 Å². The molecule has 2 rings (SSSR count). The lowest BCUT2D eigenvalue weighted by atomic mass is 10.2. The van der Waals surface area contributed by atoms with E-state index < -0.39 is 0 Å². The Labute approximate surface area is 116 Å². The van der Waals surface area contributed by atoms with Crippen molar-refractivity contribution in [2.45, 2.75) is 12.8 Å². The first kappa shape index (κ1) is 13.7. The number of benzene rings is 1. The van der Waals surface area contributed by atoms with Gasteiger partial charge in [-0.25, -0.2) is 0 Å². The molecule has 1 fully saturated rings. The van der Waals surface area contributed by atoms with E-state index in [0.29, 0.717) is 29.4 Å². The number of amides is 2. The van der Waals surface area contributed by atoms with Crippen LogP contribution in [0.4, 0.5) is 5.69 Å². The molecule has 1 aromatic rings. The Hall–Kier alpha value is -1.75. The third kappa shape index (κ3) is 3.86. The number of carbonyl (C=O) groups excluding carboxylic acids is 2. The fourth-order valence-electron chi connectivity index (χ4n) is 1.62. The van der Waals surface area contributed by atoms with Crippen LogP contribution in [0, 0.1) is 5.92 Å². The second-order valence-electron chi connectivity index (χ2n) is 4.56. The van der Waals surface area contributed by atoms with Gasteiger partial charge in [0, 0.05) is 24.6 Å². The number of nitrogens with one attached hydrogen (secondary N) is 2. The summed E-state index contributed by atoms with van der Waals surface area (Å²) >= 11 is 5.84. The molecule has 102 valence electrons. The number of nitrogen functional groups attached to an aromatic ring is 1. The van der Waals surface area contributed by atoms with Gasteiger partial charge in [-0.2, -0.15) is 0 Å². The Morgan fingerprint density at radius 3 is 2.58 bits per heavy atom. The lowest BCUT2D eigenvalue weighted by Crippen LogP contribution is -2.35. The highest BCUT2D eigenvalue weighted by Crippen LogP contribution is 2.28. The van der Waals surface area contributed by atoms with Crippen LogP contribution in [0.25, 0.3) is 0 Å². The maximum atomic E-state index is 11.8. The molecule has 0 unspecified atom stereocenters. The zero-order chi connectivity index (χ0) is 13.8. The third-order valence-corrected chi connectivity index (χ3v) is 3.25. The zero-order valence-electron chi connectivity index (χ0n) is 10.4. The van der Waals surface area contributed by atoms with Crippen LogP contribution in [-0.2, 0) is 4.79 Å². The van der Waals surface area contributed by atoms with Crippen molar-refractivity contribution in [2.75, 3.05) is 18.8 Å². The molecule has 6 heteroatoms. The molecule has 0 atom stereocenters. The van der Waals surface area contributed by atoms with Gasteiger partial charge >= 0.3 is 0 Å². The molecule has 0 radical (unpaired) electrons. The maximum absolute atomic E-state index is 11.8. The Balaban J connectivity index is 1.74. The third-order valence-electron chi connectivity index (χ3n) is 2.92. The zero-order valence-corrected chi connectivity index (χ0v) is 11.2. The first-order valence-electron chi connectivity index (χ1n) is 6.19. The summed E-state index contributed by atoms with van der Waals surface area (Å²) in [5.74, 6) is 0.0268. The van der Waals surface area contributed by atoms with Gasteiger partial charge < -0.3 is 16.4 Å². The maximum Gasteiger partial charge on any atom is 0.251 e. The van der Waals surface area contributed by atoms with Gasteiger partial charge in [0.25, 0.3) is 5.91 Å². The van der Waals surface area contributed by atoms with E-state index >= 15 is 0 Å². The van der Waals surface area contributed by atoms with Crippen LogP contribution in [0.2, 0.25) is 5.02 Å². The molecule has 0 spiro atoms. The molecule has 0 aromatic heterocycles. The van der Waals surface area contributed by atoms with Gasteiger partial charge in [-0.1, -0.05) is 11.6 Å². The van der Waals surface area contributed by atoms with E-state index in [1.54, 1.807) is 12.1 Å². The number of halogens is 1. The highest BCUT2D eigenvalue weighted by Gasteiger charge is 2.28. The molecular formula is C13H16ClN3O2. The number of anilines is 1. The molecule has 0 saturated heterocycles. The molecule has 0 bridgehead atoms. The minimum Gasteiger partial charge on any atom is -0.398 e. The van der Waals surface area contributed by atoms with Gasteiger partial charge in [0.15, 0.2) is 0 Å². The average molecular weight is 282 g/mol. The molecule has 1 aromatic carbocycles. The van der Waals surface area contributed by atoms with Crippen LogP contribution >= 0.6 is 11.6 Å². The Morgan fingerprint density at radius 2 is 1.95 bits per heavy atom. The second-order valence-corrected chi connectivity index (χ2v) is 4.96. The van der Waals surface area contributed by atoms with E-state index in [-0.39, 0.29) is 17.7 Å². The van der Waals surface area contributed by atoms with Gasteiger partial charge in [0.05, 0.1) is 10.7 Å². The average Bonchev–Trinajstić information content (AvgIpc) is 3.21. The molecule has 5 nitrogen and oxygen atoms in total. The number of hydrogen-bond donors (Lipinski definition) is 3. The lowest BCUT2D eigenvalue weighted by Gasteiger charge is -2.07. The normalized spacial score (nSPS) is 13.9. The summed E-state index contributed by atoms with van der Waals surface area (Å²) in [4.78, 5) is 23.1. The standard InChI is InChI=1S/C13H16ClN3O2/c14-10-7-9(3-4-11(10)15)13(19)17-6-5-16-12(18)8-1-2-8/h3-4,7-8H,1-2,5-6,15H2,(H,16,18)(H,17,19). The van der Waals surface area contributed by atoms with Crippen LogP contribution in [0.5, 0.6) is 0 Å². The predicted octanol–water partition coefficient (Wildman–Crippen LogP) is 1.18. The van der Waals surface area contributed by atoms with E-state index in [4.69, 9.17) is 17.3 Å². The quantitative estimate of drug-likeness (QED) is 0.560. The highest BCUT2D eigenvalue weighted by molar-refractivity contribution is 6.33. The summed E-state index contributed by atoms with van der Waals surface area (Å²) in [7, 11) is 0. The van der Waals surface area contributed by atoms with Crippen molar-refractivity contribution in [1.29, 1.82) is 0 Å². The SMILES string of the molecule is Nc1ccc(C(=O)NCCNC(=O)C2CC2)cc1Cl. The number of carbonyl (C=O) groups is 2. The van der Waals surface area contributed by atoms with Crippen LogP contribution in [0.15, 0.2) is 18.2 Å². The summed E-state index contributed by atoms with van der Waals surface area (Å²) in [6.45, 7) is 0.822. The second kappa shape index (κ2) is 5.93. The molecule has 1 aliphatic carbocycles. The molecule has 1 aliphatic rings. The summed E-state index contributed by atoms with van der Waals surface area (Å²) in [5, 5.41) is 5.84. The minimum atomic E-state index is -0.234. The first-order chi connectivity index (χ1) is 9.08. The van der Waals surface area contributed by atoms with E-state index in [1.807, 2.05) is 0 Å². The first-order valence-corrected chi connectivity index (χ1v) is 6.56. The van der Waals surface area contributed by atoms with Crippen LogP contribution in [0.1, 0.15) is 23.2 Å². The van der Waals surface area contributed by atoms with Crippen LogP contribution < -0.4 is 16.4 Å². The topological polar surface area (TPSA) is 84.2 Å². The molecule has 19 heavy (non-hydrogen) atoms. The number of rotatable bonds is 5. The Morgan fingerprint density at radius 1 is 1.26 bits per heavy atom. The highest BCUT2D eigenvalue weighted by atomic mass is 35.5. The number of hydrogen-bond acceptors (Lipinski definition) is 3. The Bertz CT molecular complexity index is 501. The van der Waals surface area contributed by atoms with Crippen molar-refractivity contribution in [1.82, 2.24) is 10.6 Å². The fraction of sp³-hybridized carbons (Fsp3) is 0.385. The molecular weight excluding hydrogens is 266 g/mol. The van der Waals surface area contributed by atoms with Crippen molar-refractivity contribution in [3.8, 4) is 0 Å². The summed E-state index contributed by atoms with van der Waals surface area (Å²) in [5.41, 5.74) is 6.46. The molecule has 0 heterocycles. The van der Waals surface area contributed by atoms with Crippen molar-refractivity contribution < 1.29 is 9.59 Å². The van der Waals surface area contributed by atoms with Crippen molar-refractivity contribution in [3.05, 3.63) is 28.8 Å². The van der Waals surface area contributed by atoms with Gasteiger partial charge in [-0.15, -0.1) is 0 Å². The smallest absolute Gasteiger partial charge is 0.251 e. The van der Waals surface area contributed by atoms with Crippen molar-refractivity contribution in [2.24, 2.45) is 5.92 Å². The monoisotopic (exact) mass is 281 g/mol. The van der Waals surface area contributed by atoms with E-state index in [2.05, 4.69) is 10.6 Å². The molecule has 4 N–H and O–H groups in total. The lowest BCUT2D eigenvalue weighted by molar-refractivity contribution is -0.122. The van der Waals surface area contributed by atoms with Crippen molar-refractivity contribution in [3.63, 3.8) is 0 Å². The van der Waals surface area contributed by atoms with Gasteiger partial charge in [-0.05, 0) is 31.0 Å². The Kier molecular flexibility index (Phi) is 4.27. The van der Waals surface area contributed by atoms with Gasteiger partial charge in [0.1, 0.15) is 0 Å². The summed E-state index contributed by atoms with van der Waals surface area (Å²) in [6, 6.07) is 4.72. The molecule has 1 saturated carbocycles. The predicted molar refractivity (Wildman–Crippen MR) is 73.9 cm³/mol. The summed E-state index contributed by atoms with van der Waals surface area (Å²) < 4.78 is 0. The van der Waals surface area contributed by atoms with Crippen LogP contribution in [0.3, 0.4) is 0 Å². The van der Waals surface area contributed by atoms with Crippen LogP contribution in [-0.4, -0.2) is 24.9 Å². The number of nitrogens with two attached hydrogens (primary N) is 1. The minimum absolute atomic E-state index is 0.0739. The summed E-state index contributed by atoms with van der Waals surface area (Å²) in [6.07, 6.45) is 1.95. The van der Waals surface area contributed by atoms with E-state index in [1.165, 1.54) is 6.07 Å². The largest absolute Gasteiger partial charge is 0.398 e. The fourth-order valence-corrected chi connectivity index (χ4v) is 1.80. The van der Waals surface area contributed by atoms with Gasteiger partial charge in [0.2, 0.25) is 5.91 Å². The molecule has 2 amide bonds. The van der Waals surface area contributed by atoms with Crippen molar-refractivity contribution >= 4 is 29.1 Å². The van der Waals surface area contributed by atoms with Gasteiger partial charge in [-0.3, -0.25) is 9.59 Å².